The summed E-state index contributed by atoms with van der Waals surface area (Å²) in [7, 11) is -4.38. The van der Waals surface area contributed by atoms with Crippen molar-refractivity contribution >= 4 is 19.7 Å². The Hall–Kier alpha value is -1.25. The number of hydrogen-bond donors (Lipinski definition) is 3. The highest BCUT2D eigenvalue weighted by Crippen LogP contribution is 2.42. The number of allylic oxidation sites excluding steroid dienone is 2. The van der Waals surface area contributed by atoms with Crippen LogP contribution in [0, 0.1) is 0 Å². The minimum absolute atomic E-state index is 0.0812. The van der Waals surface area contributed by atoms with Gasteiger partial charge in [-0.2, -0.15) is 0 Å². The normalized spacial score (nSPS) is 14.0. The van der Waals surface area contributed by atoms with E-state index in [0.717, 1.165) is 77.0 Å². The molecule has 36 heavy (non-hydrogen) atoms. The average molecular weight is 536 g/mol. The monoisotopic (exact) mass is 535 g/mol. The highest BCUT2D eigenvalue weighted by atomic mass is 31.2. The van der Waals surface area contributed by atoms with Crippen LogP contribution in [0.5, 0.6) is 0 Å². The molecule has 0 aromatic rings. The minimum Gasteiger partial charge on any atom is -0.463 e. The predicted molar refractivity (Wildman–Crippen MR) is 141 cm³/mol. The van der Waals surface area contributed by atoms with E-state index < -0.39 is 26.5 Å². The fraction of sp³-hybridized carbons (Fsp3) is 0.846. The summed E-state index contributed by atoms with van der Waals surface area (Å²) < 4.78 is 26.4. The molecule has 0 radical (unpaired) electrons. The molecule has 0 saturated heterocycles. The summed E-state index contributed by atoms with van der Waals surface area (Å²) in [5, 5.41) is 12.5. The Morgan fingerprint density at radius 1 is 0.833 bits per heavy atom. The molecular weight excluding hydrogens is 485 g/mol. The molecule has 0 aliphatic rings. The number of nitrogens with one attached hydrogen (secondary N) is 1. The van der Waals surface area contributed by atoms with Crippen LogP contribution in [-0.2, 0) is 27.9 Å². The van der Waals surface area contributed by atoms with Crippen molar-refractivity contribution in [2.45, 2.75) is 116 Å². The second kappa shape index (κ2) is 24.1. The number of phosphoric acid groups is 1. The Bertz CT molecular complexity index is 629. The van der Waals surface area contributed by atoms with E-state index in [1.165, 1.54) is 6.42 Å². The van der Waals surface area contributed by atoms with Gasteiger partial charge in [-0.05, 0) is 32.1 Å². The standard InChI is InChI=1S/C26H50NO8P/c1-3-5-7-9-10-11-12-13-15-17-19-26(30)33-22-24(28)23-35-36(31,32)34-21-20-27-25(29)18-16-14-8-6-4-2/h7,9,24,28H,3-6,8,10-23H2,1-2H3,(H,27,29)(H,31,32)/b9-7-. The van der Waals surface area contributed by atoms with Gasteiger partial charge < -0.3 is 20.1 Å². The highest BCUT2D eigenvalue weighted by Gasteiger charge is 2.23. The maximum atomic E-state index is 11.9. The number of hydrogen-bond acceptors (Lipinski definition) is 7. The number of aliphatic hydroxyl groups is 1. The topological polar surface area (TPSA) is 131 Å². The lowest BCUT2D eigenvalue weighted by Crippen LogP contribution is -2.27. The summed E-state index contributed by atoms with van der Waals surface area (Å²) in [4.78, 5) is 33.1. The van der Waals surface area contributed by atoms with Crippen molar-refractivity contribution in [1.29, 1.82) is 0 Å². The van der Waals surface area contributed by atoms with Gasteiger partial charge in [-0.25, -0.2) is 4.57 Å². The first kappa shape index (κ1) is 34.8. The molecule has 0 saturated carbocycles. The first-order valence-corrected chi connectivity index (χ1v) is 15.2. The van der Waals surface area contributed by atoms with Crippen LogP contribution in [0.25, 0.3) is 0 Å². The molecule has 0 rings (SSSR count). The number of amides is 1. The third-order valence-corrected chi connectivity index (χ3v) is 6.41. The number of aliphatic hydroxyl groups excluding tert-OH is 1. The number of esters is 1. The third kappa shape index (κ3) is 24.4. The summed E-state index contributed by atoms with van der Waals surface area (Å²) in [5.74, 6) is -0.544. The molecule has 0 bridgehead atoms. The molecule has 0 aromatic heterocycles. The number of unbranched alkanes of at least 4 members (excludes halogenated alkanes) is 10. The lowest BCUT2D eigenvalue weighted by molar-refractivity contribution is -0.147. The van der Waals surface area contributed by atoms with Gasteiger partial charge in [-0.1, -0.05) is 77.4 Å². The highest BCUT2D eigenvalue weighted by molar-refractivity contribution is 7.47. The van der Waals surface area contributed by atoms with Gasteiger partial charge >= 0.3 is 13.8 Å². The van der Waals surface area contributed by atoms with Crippen LogP contribution in [0.2, 0.25) is 0 Å². The molecule has 2 atom stereocenters. The first-order chi connectivity index (χ1) is 17.3. The molecule has 1 amide bonds. The second-order valence-corrected chi connectivity index (χ2v) is 10.5. The molecule has 0 fully saturated rings. The fourth-order valence-electron chi connectivity index (χ4n) is 3.32. The van der Waals surface area contributed by atoms with Crippen molar-refractivity contribution in [2.24, 2.45) is 0 Å². The predicted octanol–water partition coefficient (Wildman–Crippen LogP) is 5.59. The Kier molecular flexibility index (Phi) is 23.3. The smallest absolute Gasteiger partial charge is 0.463 e. The van der Waals surface area contributed by atoms with Crippen molar-refractivity contribution in [3.63, 3.8) is 0 Å². The van der Waals surface area contributed by atoms with Crippen molar-refractivity contribution in [3.8, 4) is 0 Å². The quantitative estimate of drug-likeness (QED) is 0.0597. The molecule has 0 aromatic carbocycles. The van der Waals surface area contributed by atoms with E-state index in [9.17, 15) is 24.2 Å². The summed E-state index contributed by atoms with van der Waals surface area (Å²) in [6, 6.07) is 0. The molecule has 3 N–H and O–H groups in total. The number of carbonyl (C=O) groups is 2. The zero-order valence-corrected chi connectivity index (χ0v) is 23.4. The molecule has 212 valence electrons. The fourth-order valence-corrected chi connectivity index (χ4v) is 4.08. The molecule has 2 unspecified atom stereocenters. The van der Waals surface area contributed by atoms with Crippen molar-refractivity contribution in [2.75, 3.05) is 26.4 Å². The number of carbonyl (C=O) groups excluding carboxylic acids is 2. The van der Waals surface area contributed by atoms with Crippen molar-refractivity contribution in [3.05, 3.63) is 12.2 Å². The van der Waals surface area contributed by atoms with Crippen LogP contribution in [0.4, 0.5) is 0 Å². The van der Waals surface area contributed by atoms with Gasteiger partial charge in [0.15, 0.2) is 0 Å². The minimum atomic E-state index is -4.38. The Labute approximate surface area is 218 Å². The Morgan fingerprint density at radius 3 is 2.19 bits per heavy atom. The van der Waals surface area contributed by atoms with Crippen LogP contribution in [-0.4, -0.2) is 54.3 Å². The van der Waals surface area contributed by atoms with Gasteiger partial charge in [-0.3, -0.25) is 18.6 Å². The van der Waals surface area contributed by atoms with Gasteiger partial charge in [0.05, 0.1) is 13.2 Å². The van der Waals surface area contributed by atoms with E-state index in [-0.39, 0.29) is 32.1 Å². The van der Waals surface area contributed by atoms with Crippen LogP contribution in [0.1, 0.15) is 110 Å². The molecule has 10 heteroatoms. The van der Waals surface area contributed by atoms with E-state index in [1.54, 1.807) is 0 Å². The van der Waals surface area contributed by atoms with E-state index in [1.807, 2.05) is 0 Å². The van der Waals surface area contributed by atoms with Gasteiger partial charge in [0, 0.05) is 19.4 Å². The van der Waals surface area contributed by atoms with E-state index in [2.05, 4.69) is 31.3 Å². The van der Waals surface area contributed by atoms with Crippen LogP contribution in [0.15, 0.2) is 12.2 Å². The number of ether oxygens (including phenoxy) is 1. The lowest BCUT2D eigenvalue weighted by Gasteiger charge is -2.15. The van der Waals surface area contributed by atoms with Crippen molar-refractivity contribution < 1.29 is 37.9 Å². The summed E-state index contributed by atoms with van der Waals surface area (Å²) in [6.07, 6.45) is 17.6. The Balaban J connectivity index is 3.71. The SMILES string of the molecule is CCC/C=C\CCCCCCCC(=O)OCC(O)COP(=O)(O)OCCNC(=O)CCCCCCC. The van der Waals surface area contributed by atoms with Gasteiger partial charge in [-0.15, -0.1) is 0 Å². The lowest BCUT2D eigenvalue weighted by atomic mass is 10.1. The molecule has 0 spiro atoms. The average Bonchev–Trinajstić information content (AvgIpc) is 2.85. The molecular formula is C26H50NO8P. The molecule has 0 aliphatic heterocycles. The van der Waals surface area contributed by atoms with Gasteiger partial charge in [0.2, 0.25) is 5.91 Å². The van der Waals surface area contributed by atoms with Crippen molar-refractivity contribution in [1.82, 2.24) is 5.32 Å². The third-order valence-electron chi connectivity index (χ3n) is 5.43. The molecule has 0 aliphatic carbocycles. The zero-order chi connectivity index (χ0) is 26.9. The van der Waals surface area contributed by atoms with Gasteiger partial charge in [0.1, 0.15) is 12.7 Å². The maximum absolute atomic E-state index is 11.9. The molecule has 0 heterocycles. The van der Waals surface area contributed by atoms with Crippen LogP contribution < -0.4 is 5.32 Å². The Morgan fingerprint density at radius 2 is 1.47 bits per heavy atom. The number of phosphoric ester groups is 1. The second-order valence-electron chi connectivity index (χ2n) is 9.02. The first-order valence-electron chi connectivity index (χ1n) is 13.7. The largest absolute Gasteiger partial charge is 0.472 e. The van der Waals surface area contributed by atoms with Gasteiger partial charge in [0.25, 0.3) is 0 Å². The summed E-state index contributed by atoms with van der Waals surface area (Å²) >= 11 is 0. The van der Waals surface area contributed by atoms with Crippen LogP contribution in [0.3, 0.4) is 0 Å². The molecule has 9 nitrogen and oxygen atoms in total. The number of rotatable bonds is 25. The van der Waals surface area contributed by atoms with E-state index >= 15 is 0 Å². The summed E-state index contributed by atoms with van der Waals surface area (Å²) in [6.45, 7) is 3.34. The zero-order valence-electron chi connectivity index (χ0n) is 22.5. The van der Waals surface area contributed by atoms with E-state index in [4.69, 9.17) is 13.8 Å². The van der Waals surface area contributed by atoms with Crippen LogP contribution >= 0.6 is 7.82 Å². The van der Waals surface area contributed by atoms with E-state index in [0.29, 0.717) is 6.42 Å². The maximum Gasteiger partial charge on any atom is 0.472 e. The summed E-state index contributed by atoms with van der Waals surface area (Å²) in [5.41, 5.74) is 0.